The van der Waals surface area contributed by atoms with Crippen molar-refractivity contribution < 1.29 is 4.39 Å². The molecule has 2 atom stereocenters. The molecule has 2 aromatic rings. The van der Waals surface area contributed by atoms with E-state index in [1.54, 1.807) is 12.1 Å². The smallest absolute Gasteiger partial charge is 0.191 e. The van der Waals surface area contributed by atoms with Gasteiger partial charge in [-0.25, -0.2) is 9.38 Å². The third-order valence-electron chi connectivity index (χ3n) is 5.08. The maximum Gasteiger partial charge on any atom is 0.191 e. The Hall–Kier alpha value is -1.92. The van der Waals surface area contributed by atoms with Crippen molar-refractivity contribution in [3.8, 4) is 0 Å². The maximum atomic E-state index is 13.8. The lowest BCUT2D eigenvalue weighted by Crippen LogP contribution is -2.44. The first-order valence-corrected chi connectivity index (χ1v) is 10.6. The minimum absolute atomic E-state index is 0.205. The molecular formula is C21H29FN4S. The second-order valence-electron chi connectivity index (χ2n) is 7.01. The first-order valence-electron chi connectivity index (χ1n) is 9.68. The molecule has 1 saturated heterocycles. The second kappa shape index (κ2) is 9.85. The van der Waals surface area contributed by atoms with Gasteiger partial charge in [-0.05, 0) is 56.8 Å². The topological polar surface area (TPSA) is 39.7 Å². The molecule has 0 amide bonds. The summed E-state index contributed by atoms with van der Waals surface area (Å²) < 4.78 is 13.8. The lowest BCUT2D eigenvalue weighted by atomic mass is 9.88. The summed E-state index contributed by atoms with van der Waals surface area (Å²) in [5.41, 5.74) is 0.614. The Morgan fingerprint density at radius 3 is 2.85 bits per heavy atom. The Balaban J connectivity index is 1.65. The molecule has 0 radical (unpaired) electrons. The summed E-state index contributed by atoms with van der Waals surface area (Å²) in [6.07, 6.45) is 2.42. The molecule has 6 heteroatoms. The molecule has 1 aromatic heterocycles. The Labute approximate surface area is 165 Å². The normalized spacial score (nSPS) is 21.2. The number of halogens is 1. The van der Waals surface area contributed by atoms with Crippen LogP contribution in [0.15, 0.2) is 46.8 Å². The first kappa shape index (κ1) is 19.8. The van der Waals surface area contributed by atoms with Gasteiger partial charge in [0, 0.05) is 29.6 Å². The third kappa shape index (κ3) is 5.30. The van der Waals surface area contributed by atoms with E-state index < -0.39 is 0 Å². The molecule has 0 bridgehead atoms. The number of piperidine rings is 1. The van der Waals surface area contributed by atoms with Crippen molar-refractivity contribution in [3.05, 3.63) is 58.0 Å². The van der Waals surface area contributed by atoms with Gasteiger partial charge < -0.3 is 10.6 Å². The summed E-state index contributed by atoms with van der Waals surface area (Å²) >= 11 is 1.83. The van der Waals surface area contributed by atoms with Gasteiger partial charge in [-0.2, -0.15) is 0 Å². The molecule has 1 fully saturated rings. The minimum Gasteiger partial charge on any atom is -0.357 e. The standard InChI is InChI=1S/C21H29FN4S/c1-3-23-21(24-14-16-8-4-5-10-18(16)22)25-15-17-9-6-12-26(2)20(17)19-11-7-13-27-19/h4-5,7-8,10-11,13,17,20H,3,6,9,12,14-15H2,1-2H3,(H2,23,24,25). The van der Waals surface area contributed by atoms with E-state index in [4.69, 9.17) is 0 Å². The number of rotatable bonds is 6. The van der Waals surface area contributed by atoms with Gasteiger partial charge in [0.2, 0.25) is 0 Å². The number of hydrogen-bond acceptors (Lipinski definition) is 3. The number of thiophene rings is 1. The first-order chi connectivity index (χ1) is 13.2. The van der Waals surface area contributed by atoms with E-state index in [9.17, 15) is 4.39 Å². The second-order valence-corrected chi connectivity index (χ2v) is 7.99. The van der Waals surface area contributed by atoms with E-state index in [-0.39, 0.29) is 5.82 Å². The highest BCUT2D eigenvalue weighted by atomic mass is 32.1. The van der Waals surface area contributed by atoms with Crippen molar-refractivity contribution >= 4 is 17.3 Å². The molecule has 0 aliphatic carbocycles. The Morgan fingerprint density at radius 1 is 1.26 bits per heavy atom. The zero-order valence-electron chi connectivity index (χ0n) is 16.1. The van der Waals surface area contributed by atoms with E-state index in [0.717, 1.165) is 25.6 Å². The van der Waals surface area contributed by atoms with E-state index in [0.29, 0.717) is 24.1 Å². The quantitative estimate of drug-likeness (QED) is 0.580. The fourth-order valence-electron chi connectivity index (χ4n) is 3.74. The lowest BCUT2D eigenvalue weighted by molar-refractivity contribution is 0.125. The number of benzene rings is 1. The van der Waals surface area contributed by atoms with Gasteiger partial charge in [0.15, 0.2) is 5.96 Å². The molecule has 1 aromatic carbocycles. The average molecular weight is 389 g/mol. The van der Waals surface area contributed by atoms with Crippen LogP contribution in [0.1, 0.15) is 36.2 Å². The fraction of sp³-hybridized carbons (Fsp3) is 0.476. The van der Waals surface area contributed by atoms with E-state index in [1.165, 1.54) is 23.8 Å². The van der Waals surface area contributed by atoms with Crippen LogP contribution in [0.2, 0.25) is 0 Å². The number of nitrogens with one attached hydrogen (secondary N) is 2. The van der Waals surface area contributed by atoms with Crippen LogP contribution < -0.4 is 10.6 Å². The van der Waals surface area contributed by atoms with Crippen LogP contribution in [-0.2, 0) is 6.54 Å². The Bertz CT molecular complexity index is 732. The highest BCUT2D eigenvalue weighted by Crippen LogP contribution is 2.36. The number of likely N-dealkylation sites (tertiary alicyclic amines) is 1. The molecular weight excluding hydrogens is 359 g/mol. The molecule has 2 heterocycles. The van der Waals surface area contributed by atoms with Crippen molar-refractivity contribution in [2.75, 3.05) is 26.7 Å². The van der Waals surface area contributed by atoms with Crippen LogP contribution >= 0.6 is 11.3 Å². The van der Waals surface area contributed by atoms with Crippen molar-refractivity contribution in [3.63, 3.8) is 0 Å². The van der Waals surface area contributed by atoms with Crippen LogP contribution in [0.25, 0.3) is 0 Å². The molecule has 2 N–H and O–H groups in total. The highest BCUT2D eigenvalue weighted by molar-refractivity contribution is 7.10. The molecule has 4 nitrogen and oxygen atoms in total. The number of nitrogens with zero attached hydrogens (tertiary/aromatic N) is 2. The summed E-state index contributed by atoms with van der Waals surface area (Å²) in [4.78, 5) is 8.47. The SMILES string of the molecule is CCNC(=NCc1ccccc1F)NCC1CCCN(C)C1c1cccs1. The van der Waals surface area contributed by atoms with Crippen molar-refractivity contribution in [1.82, 2.24) is 15.5 Å². The predicted octanol–water partition coefficient (Wildman–Crippen LogP) is 4.03. The lowest BCUT2D eigenvalue weighted by Gasteiger charge is -2.39. The predicted molar refractivity (Wildman–Crippen MR) is 112 cm³/mol. The van der Waals surface area contributed by atoms with E-state index in [2.05, 4.69) is 45.1 Å². The van der Waals surface area contributed by atoms with Gasteiger partial charge in [0.1, 0.15) is 5.82 Å². The largest absolute Gasteiger partial charge is 0.357 e. The van der Waals surface area contributed by atoms with Crippen LogP contribution in [0, 0.1) is 11.7 Å². The Kier molecular flexibility index (Phi) is 7.24. The summed E-state index contributed by atoms with van der Waals surface area (Å²) in [6, 6.07) is 11.6. The van der Waals surface area contributed by atoms with Crippen LogP contribution in [0.5, 0.6) is 0 Å². The number of guanidine groups is 1. The molecule has 3 rings (SSSR count). The van der Waals surface area contributed by atoms with E-state index >= 15 is 0 Å². The average Bonchev–Trinajstić information content (AvgIpc) is 3.19. The van der Waals surface area contributed by atoms with Gasteiger partial charge in [-0.15, -0.1) is 11.3 Å². The third-order valence-corrected chi connectivity index (χ3v) is 6.03. The Morgan fingerprint density at radius 2 is 2.11 bits per heavy atom. The van der Waals surface area contributed by atoms with Crippen molar-refractivity contribution in [2.24, 2.45) is 10.9 Å². The maximum absolute atomic E-state index is 13.8. The van der Waals surface area contributed by atoms with Gasteiger partial charge in [0.25, 0.3) is 0 Å². The minimum atomic E-state index is -0.205. The molecule has 27 heavy (non-hydrogen) atoms. The van der Waals surface area contributed by atoms with Gasteiger partial charge >= 0.3 is 0 Å². The summed E-state index contributed by atoms with van der Waals surface area (Å²) in [5, 5.41) is 8.92. The van der Waals surface area contributed by atoms with Crippen molar-refractivity contribution in [2.45, 2.75) is 32.4 Å². The van der Waals surface area contributed by atoms with Crippen LogP contribution in [0.4, 0.5) is 4.39 Å². The van der Waals surface area contributed by atoms with Gasteiger partial charge in [0.05, 0.1) is 6.54 Å². The molecule has 1 aliphatic rings. The summed E-state index contributed by atoms with van der Waals surface area (Å²) in [6.45, 7) is 5.16. The molecule has 0 saturated carbocycles. The zero-order chi connectivity index (χ0) is 19.1. The summed E-state index contributed by atoms with van der Waals surface area (Å²) in [7, 11) is 2.22. The fourth-order valence-corrected chi connectivity index (χ4v) is 4.73. The zero-order valence-corrected chi connectivity index (χ0v) is 16.9. The highest BCUT2D eigenvalue weighted by Gasteiger charge is 2.31. The number of hydrogen-bond donors (Lipinski definition) is 2. The molecule has 1 aliphatic heterocycles. The van der Waals surface area contributed by atoms with Gasteiger partial charge in [-0.1, -0.05) is 24.3 Å². The summed E-state index contributed by atoms with van der Waals surface area (Å²) in [5.74, 6) is 1.07. The molecule has 146 valence electrons. The van der Waals surface area contributed by atoms with Gasteiger partial charge in [-0.3, -0.25) is 4.90 Å². The van der Waals surface area contributed by atoms with Crippen LogP contribution in [0.3, 0.4) is 0 Å². The van der Waals surface area contributed by atoms with Crippen LogP contribution in [-0.4, -0.2) is 37.5 Å². The number of aliphatic imine (C=N–C) groups is 1. The molecule has 0 spiro atoms. The molecule has 2 unspecified atom stereocenters. The van der Waals surface area contributed by atoms with E-state index in [1.807, 2.05) is 24.3 Å². The monoisotopic (exact) mass is 388 g/mol. The van der Waals surface area contributed by atoms with Crippen molar-refractivity contribution in [1.29, 1.82) is 0 Å².